The van der Waals surface area contributed by atoms with Crippen LogP contribution in [0.3, 0.4) is 0 Å². The fourth-order valence-electron chi connectivity index (χ4n) is 1.43. The summed E-state index contributed by atoms with van der Waals surface area (Å²) < 4.78 is 27.4. The maximum Gasteiger partial charge on any atom is 0.204 e. The Kier molecular flexibility index (Phi) is 4.62. The molecule has 0 saturated carbocycles. The Morgan fingerprint density at radius 2 is 1.60 bits per heavy atom. The maximum absolute atomic E-state index is 13.7. The van der Waals surface area contributed by atoms with E-state index in [1.54, 1.807) is 0 Å². The lowest BCUT2D eigenvalue weighted by atomic mass is 10.2. The normalized spacial score (nSPS) is 9.80. The minimum absolute atomic E-state index is 0.138. The molecule has 0 radical (unpaired) electrons. The first-order valence-electron chi connectivity index (χ1n) is 5.36. The van der Waals surface area contributed by atoms with E-state index in [-0.39, 0.29) is 21.0 Å². The summed E-state index contributed by atoms with van der Waals surface area (Å²) >= 11 is 0. The average molecular weight is 304 g/mol. The Morgan fingerprint density at radius 3 is 2.25 bits per heavy atom. The minimum atomic E-state index is -0.540. The highest BCUT2D eigenvalue weighted by atomic mass is 33.1. The van der Waals surface area contributed by atoms with Gasteiger partial charge in [-0.1, -0.05) is 29.0 Å². The van der Waals surface area contributed by atoms with Crippen molar-refractivity contribution in [2.75, 3.05) is 0 Å². The van der Waals surface area contributed by atoms with E-state index in [1.165, 1.54) is 36.4 Å². The zero-order valence-corrected chi connectivity index (χ0v) is 11.6. The number of nitrogens with zero attached hydrogens (tertiary/aromatic N) is 2. The van der Waals surface area contributed by atoms with Gasteiger partial charge >= 0.3 is 0 Å². The molecular weight excluding hydrogens is 298 g/mol. The molecule has 0 aliphatic carbocycles. The highest BCUT2D eigenvalue weighted by Crippen LogP contribution is 2.44. The van der Waals surface area contributed by atoms with Crippen molar-refractivity contribution in [2.45, 2.75) is 9.79 Å². The maximum atomic E-state index is 13.7. The van der Waals surface area contributed by atoms with Crippen molar-refractivity contribution in [3.8, 4) is 6.07 Å². The van der Waals surface area contributed by atoms with E-state index in [0.717, 1.165) is 21.6 Å². The first-order valence-corrected chi connectivity index (χ1v) is 7.51. The van der Waals surface area contributed by atoms with Crippen molar-refractivity contribution < 1.29 is 8.78 Å². The molecule has 0 fully saturated rings. The Bertz CT molecular complexity index is 669. The van der Waals surface area contributed by atoms with Crippen LogP contribution in [0.5, 0.6) is 0 Å². The van der Waals surface area contributed by atoms with Gasteiger partial charge in [0.15, 0.2) is 0 Å². The molecule has 0 heterocycles. The molecule has 0 amide bonds. The fourth-order valence-corrected chi connectivity index (χ4v) is 3.80. The van der Waals surface area contributed by atoms with Gasteiger partial charge in [0.1, 0.15) is 17.7 Å². The Labute approximate surface area is 122 Å². The zero-order chi connectivity index (χ0) is 14.5. The largest absolute Gasteiger partial charge is 0.237 e. The third kappa shape index (κ3) is 2.93. The summed E-state index contributed by atoms with van der Waals surface area (Å²) in [4.78, 5) is 3.50. The molecule has 0 aromatic heterocycles. The number of hydrogen-bond acceptors (Lipinski definition) is 3. The summed E-state index contributed by atoms with van der Waals surface area (Å²) in [6, 6.07) is 10.2. The van der Waals surface area contributed by atoms with E-state index in [4.69, 9.17) is 11.8 Å². The van der Waals surface area contributed by atoms with Crippen LogP contribution < -0.4 is 0 Å². The molecular formula is C14H6F2N2S2. The predicted molar refractivity (Wildman–Crippen MR) is 75.5 cm³/mol. The van der Waals surface area contributed by atoms with Crippen LogP contribution in [-0.2, 0) is 0 Å². The molecule has 98 valence electrons. The van der Waals surface area contributed by atoms with Crippen LogP contribution in [0.4, 0.5) is 14.5 Å². The molecule has 6 heteroatoms. The van der Waals surface area contributed by atoms with Gasteiger partial charge < -0.3 is 0 Å². The molecule has 0 aliphatic heterocycles. The van der Waals surface area contributed by atoms with Crippen molar-refractivity contribution in [3.63, 3.8) is 0 Å². The van der Waals surface area contributed by atoms with Gasteiger partial charge in [-0.3, -0.25) is 0 Å². The fraction of sp³-hybridized carbons (Fsp3) is 0. The quantitative estimate of drug-likeness (QED) is 0.577. The van der Waals surface area contributed by atoms with Gasteiger partial charge in [-0.05, 0) is 29.0 Å². The number of halogens is 2. The second kappa shape index (κ2) is 6.42. The van der Waals surface area contributed by atoms with E-state index >= 15 is 0 Å². The first kappa shape index (κ1) is 14.4. The lowest BCUT2D eigenvalue weighted by molar-refractivity contribution is 0.601. The van der Waals surface area contributed by atoms with Gasteiger partial charge in [0.2, 0.25) is 5.69 Å². The zero-order valence-electron chi connectivity index (χ0n) is 9.93. The minimum Gasteiger partial charge on any atom is -0.237 e. The molecule has 0 N–H and O–H groups in total. The Morgan fingerprint density at radius 1 is 1.00 bits per heavy atom. The molecule has 2 aromatic rings. The van der Waals surface area contributed by atoms with Gasteiger partial charge in [0.05, 0.1) is 21.9 Å². The Balaban J connectivity index is 2.32. The van der Waals surface area contributed by atoms with Crippen LogP contribution in [0.25, 0.3) is 4.85 Å². The molecule has 2 aromatic carbocycles. The standard InChI is InChI=1S/C14H6F2N2S2/c1-18-12-7-3-6-11(16)14(12)20-19-13-9(8-17)4-2-5-10(13)15/h2-7H. The second-order valence-corrected chi connectivity index (χ2v) is 5.74. The van der Waals surface area contributed by atoms with Crippen molar-refractivity contribution in [1.82, 2.24) is 0 Å². The van der Waals surface area contributed by atoms with Gasteiger partial charge in [-0.2, -0.15) is 5.26 Å². The molecule has 2 nitrogen and oxygen atoms in total. The molecule has 2 rings (SSSR count). The Hall–Kier alpha value is -2.02. The lowest BCUT2D eigenvalue weighted by Gasteiger charge is -2.06. The van der Waals surface area contributed by atoms with Crippen LogP contribution in [0.15, 0.2) is 46.2 Å². The van der Waals surface area contributed by atoms with Crippen molar-refractivity contribution in [1.29, 1.82) is 5.26 Å². The highest BCUT2D eigenvalue weighted by Gasteiger charge is 2.14. The third-order valence-corrected chi connectivity index (χ3v) is 4.85. The van der Waals surface area contributed by atoms with Gasteiger partial charge in [-0.25, -0.2) is 13.6 Å². The second-order valence-electron chi connectivity index (χ2n) is 3.59. The van der Waals surface area contributed by atoms with Crippen LogP contribution in [0.1, 0.15) is 5.56 Å². The highest BCUT2D eigenvalue weighted by molar-refractivity contribution is 8.76. The van der Waals surface area contributed by atoms with Gasteiger partial charge in [-0.15, -0.1) is 0 Å². The number of benzene rings is 2. The predicted octanol–water partition coefficient (Wildman–Crippen LogP) is 5.19. The number of rotatable bonds is 3. The summed E-state index contributed by atoms with van der Waals surface area (Å²) in [5.74, 6) is -1.08. The topological polar surface area (TPSA) is 28.1 Å². The molecule has 0 saturated heterocycles. The van der Waals surface area contributed by atoms with Crippen LogP contribution in [0, 0.1) is 29.5 Å². The van der Waals surface area contributed by atoms with Crippen LogP contribution >= 0.6 is 21.6 Å². The summed E-state index contributed by atoms with van der Waals surface area (Å²) in [6.07, 6.45) is 0. The summed E-state index contributed by atoms with van der Waals surface area (Å²) in [7, 11) is 1.86. The molecule has 20 heavy (non-hydrogen) atoms. The van der Waals surface area contributed by atoms with Crippen LogP contribution in [0.2, 0.25) is 0 Å². The SMILES string of the molecule is [C-]#[N+]c1cccc(F)c1SSc1c(F)cccc1C#N. The summed E-state index contributed by atoms with van der Waals surface area (Å²) in [5, 5.41) is 8.93. The summed E-state index contributed by atoms with van der Waals surface area (Å²) in [6.45, 7) is 6.99. The van der Waals surface area contributed by atoms with E-state index < -0.39 is 11.6 Å². The van der Waals surface area contributed by atoms with Crippen molar-refractivity contribution in [2.24, 2.45) is 0 Å². The van der Waals surface area contributed by atoms with E-state index in [9.17, 15) is 8.78 Å². The molecule has 0 spiro atoms. The molecule has 0 bridgehead atoms. The number of hydrogen-bond donors (Lipinski definition) is 0. The monoisotopic (exact) mass is 304 g/mol. The van der Waals surface area contributed by atoms with Crippen molar-refractivity contribution in [3.05, 3.63) is 65.0 Å². The third-order valence-electron chi connectivity index (χ3n) is 2.36. The average Bonchev–Trinajstić information content (AvgIpc) is 2.46. The van der Waals surface area contributed by atoms with E-state index in [0.29, 0.717) is 0 Å². The van der Waals surface area contributed by atoms with Crippen LogP contribution in [-0.4, -0.2) is 0 Å². The smallest absolute Gasteiger partial charge is 0.204 e. The van der Waals surface area contributed by atoms with Crippen molar-refractivity contribution >= 4 is 27.3 Å². The van der Waals surface area contributed by atoms with E-state index in [1.807, 2.05) is 6.07 Å². The molecule has 0 atom stereocenters. The molecule has 0 unspecified atom stereocenters. The van der Waals surface area contributed by atoms with Gasteiger partial charge in [0, 0.05) is 0 Å². The lowest BCUT2D eigenvalue weighted by Crippen LogP contribution is -1.85. The van der Waals surface area contributed by atoms with E-state index in [2.05, 4.69) is 4.85 Å². The first-order chi connectivity index (χ1) is 9.67. The summed E-state index contributed by atoms with van der Waals surface area (Å²) in [5.41, 5.74) is 0.348. The van der Waals surface area contributed by atoms with Gasteiger partial charge in [0.25, 0.3) is 0 Å². The number of nitriles is 1. The molecule has 0 aliphatic rings.